The number of rotatable bonds is 24. The zero-order valence-electron chi connectivity index (χ0n) is 45.8. The number of halogens is 1. The molecule has 0 aliphatic heterocycles. The predicted molar refractivity (Wildman–Crippen MR) is 321 cm³/mol. The van der Waals surface area contributed by atoms with Crippen LogP contribution >= 0.6 is 35.1 Å². The Morgan fingerprint density at radius 3 is 1.54 bits per heavy atom. The van der Waals surface area contributed by atoms with Crippen molar-refractivity contribution in [1.82, 2.24) is 9.38 Å². The normalized spacial score (nSPS) is 12.0. The van der Waals surface area contributed by atoms with Crippen molar-refractivity contribution in [2.75, 3.05) is 35.4 Å². The van der Waals surface area contributed by atoms with Crippen molar-refractivity contribution in [1.29, 1.82) is 5.26 Å². The minimum absolute atomic E-state index is 0.0497. The maximum atomic E-state index is 11.6. The summed E-state index contributed by atoms with van der Waals surface area (Å²) in [6, 6.07) is 23.8. The molecule has 0 saturated heterocycles. The molecule has 37 heteroatoms. The van der Waals surface area contributed by atoms with Gasteiger partial charge in [-0.15, -0.1) is 69.2 Å². The van der Waals surface area contributed by atoms with Crippen molar-refractivity contribution in [3.05, 3.63) is 117 Å². The van der Waals surface area contributed by atoms with E-state index in [9.17, 15) is 54.4 Å². The molecule has 0 amide bonds. The van der Waals surface area contributed by atoms with Gasteiger partial charge in [0, 0.05) is 26.4 Å². The summed E-state index contributed by atoms with van der Waals surface area (Å²) in [6.07, 6.45) is 0.0892. The first kappa shape index (κ1) is 70.2. The van der Waals surface area contributed by atoms with Crippen LogP contribution in [-0.2, 0) is 58.2 Å². The van der Waals surface area contributed by atoms with E-state index >= 15 is 0 Å². The predicted octanol–water partition coefficient (Wildman–Crippen LogP) is 11.5. The van der Waals surface area contributed by atoms with Gasteiger partial charge in [0.25, 0.3) is 30.4 Å². The summed E-state index contributed by atoms with van der Waals surface area (Å²) in [5.74, 6) is -1.38. The van der Waals surface area contributed by atoms with Gasteiger partial charge in [-0.2, -0.15) is 51.0 Å². The third-order valence-corrected chi connectivity index (χ3v) is 16.5. The van der Waals surface area contributed by atoms with Gasteiger partial charge in [0.15, 0.2) is 11.3 Å². The Morgan fingerprint density at radius 1 is 0.609 bits per heavy atom. The van der Waals surface area contributed by atoms with E-state index in [2.05, 4.69) is 52.0 Å². The van der Waals surface area contributed by atoms with E-state index in [4.69, 9.17) is 41.6 Å². The Labute approximate surface area is 513 Å². The second kappa shape index (κ2) is 31.9. The Bertz CT molecular complexity index is 4450. The van der Waals surface area contributed by atoms with E-state index in [1.54, 1.807) is 93.6 Å². The summed E-state index contributed by atoms with van der Waals surface area (Å²) in [4.78, 5) is 5.62. The molecule has 0 saturated carbocycles. The van der Waals surface area contributed by atoms with Gasteiger partial charge in [0.1, 0.15) is 23.1 Å². The summed E-state index contributed by atoms with van der Waals surface area (Å²) >= 11 is 8.53. The first-order chi connectivity index (χ1) is 40.9. The highest BCUT2D eigenvalue weighted by Gasteiger charge is 2.22. The molecule has 5 N–H and O–H groups in total. The van der Waals surface area contributed by atoms with Crippen LogP contribution in [0, 0.1) is 39.0 Å². The summed E-state index contributed by atoms with van der Waals surface area (Å²) < 4.78 is 155. The maximum Gasteiger partial charge on any atom is 0.425 e. The molecule has 0 atom stereocenters. The van der Waals surface area contributed by atoms with Crippen LogP contribution in [0.15, 0.2) is 130 Å². The van der Waals surface area contributed by atoms with E-state index < -0.39 is 74.7 Å². The van der Waals surface area contributed by atoms with Crippen LogP contribution in [0.25, 0.3) is 16.7 Å². The number of hydrogen-bond acceptors (Lipinski definition) is 27. The zero-order chi connectivity index (χ0) is 64.4. The summed E-state index contributed by atoms with van der Waals surface area (Å²) in [5, 5.41) is 68.0. The molecule has 462 valence electrons. The standard InChI is InChI=1S/C50H50ClN11O12S5.2O3S/c1-29-20-41(58-61-48-32(4)36(27-52)49-53-37-13-8-33(28-63)23-44(37)62(49)50(48)64)45(74-14-5-17-77(65,66)67)24-38(29)56-59-42-22-31(3)40(26-47(42)76-16-7-19-79(71,72)73)57-60-43-21-30(2)39(55-54-35-11-9-34(51)10-12-35)25-46(43)75-15-6-18-78(68,69)70;2*1-4(2)3/h8-13,20-26,63-64H,5-7,14-19,28H2,1-4H3,(H,65,66,67)(H,68,69,70)(H,71,72,73);;. The highest BCUT2D eigenvalue weighted by molar-refractivity contribution is 7.99. The number of nitrogens with zero attached hydrogens (tertiary/aromatic N) is 11. The minimum atomic E-state index is -4.33. The number of aliphatic hydroxyl groups excluding tert-OH is 1. The molecule has 0 aliphatic rings. The number of azo groups is 4. The average molecular weight is 1350 g/mol. The van der Waals surface area contributed by atoms with Crippen molar-refractivity contribution in [3.8, 4) is 17.7 Å². The minimum Gasteiger partial charge on any atom is -0.493 e. The van der Waals surface area contributed by atoms with E-state index in [0.717, 1.165) is 0 Å². The monoisotopic (exact) mass is 1350 g/mol. The van der Waals surface area contributed by atoms with E-state index in [-0.39, 0.29) is 77.8 Å². The van der Waals surface area contributed by atoms with Crippen LogP contribution in [0.5, 0.6) is 11.6 Å². The Balaban J connectivity index is 0.00000162. The number of aryl methyl sites for hydroxylation is 3. The summed E-state index contributed by atoms with van der Waals surface area (Å²) in [6.45, 7) is 6.35. The molecule has 5 aromatic carbocycles. The second-order valence-electron chi connectivity index (χ2n) is 18.0. The topological polar surface area (TPSA) is 455 Å². The Kier molecular flexibility index (Phi) is 25.8. The Morgan fingerprint density at radius 2 is 1.06 bits per heavy atom. The van der Waals surface area contributed by atoms with Gasteiger partial charge in [0.2, 0.25) is 5.88 Å². The number of imidazole rings is 1. The second-order valence-corrected chi connectivity index (χ2v) is 26.2. The van der Waals surface area contributed by atoms with E-state index in [1.165, 1.54) is 34.0 Å². The Hall–Kier alpha value is -7.54. The van der Waals surface area contributed by atoms with Gasteiger partial charge in [0.05, 0.1) is 75.6 Å². The maximum absolute atomic E-state index is 11.6. The smallest absolute Gasteiger partial charge is 0.425 e. The number of fused-ring (bicyclic) bond motifs is 3. The molecule has 0 aliphatic carbocycles. The largest absolute Gasteiger partial charge is 0.493 e. The lowest BCUT2D eigenvalue weighted by Gasteiger charge is -2.12. The zero-order valence-corrected chi connectivity index (χ0v) is 52.2. The number of aromatic hydroxyl groups is 1. The molecule has 29 nitrogen and oxygen atoms in total. The lowest BCUT2D eigenvalue weighted by molar-refractivity contribution is 0.282. The molecule has 87 heavy (non-hydrogen) atoms. The van der Waals surface area contributed by atoms with Crippen molar-refractivity contribution in [3.63, 3.8) is 0 Å². The number of pyridine rings is 1. The molecule has 2 aromatic heterocycles. The van der Waals surface area contributed by atoms with Crippen LogP contribution in [-0.4, -0.2) is 119 Å². The molecule has 2 heterocycles. The fourth-order valence-corrected chi connectivity index (χ4v) is 11.4. The van der Waals surface area contributed by atoms with Crippen molar-refractivity contribution < 1.29 is 79.1 Å². The number of aromatic nitrogens is 2. The van der Waals surface area contributed by atoms with Crippen LogP contribution in [0.4, 0.5) is 45.5 Å². The highest BCUT2D eigenvalue weighted by atomic mass is 35.5. The van der Waals surface area contributed by atoms with Gasteiger partial charge >= 0.3 is 21.2 Å². The molecule has 0 spiro atoms. The number of thioether (sulfide) groups is 2. The van der Waals surface area contributed by atoms with Gasteiger partial charge in [-0.1, -0.05) is 17.7 Å². The number of hydrogen-bond donors (Lipinski definition) is 5. The number of aliphatic hydroxyl groups is 1. The van der Waals surface area contributed by atoms with Crippen molar-refractivity contribution in [2.24, 2.45) is 40.9 Å². The lowest BCUT2D eigenvalue weighted by Crippen LogP contribution is -2.08. The van der Waals surface area contributed by atoms with Crippen LogP contribution in [0.3, 0.4) is 0 Å². The summed E-state index contributed by atoms with van der Waals surface area (Å²) in [5.41, 5.74) is 6.20. The molecule has 0 radical (unpaired) electrons. The number of nitriles is 1. The van der Waals surface area contributed by atoms with Crippen LogP contribution in [0.1, 0.15) is 52.6 Å². The average Bonchev–Trinajstić information content (AvgIpc) is 1.64. The van der Waals surface area contributed by atoms with Crippen molar-refractivity contribution >= 4 is 149 Å². The molecule has 0 unspecified atom stereocenters. The fraction of sp³-hybridized carbons (Fsp3) is 0.280. The third-order valence-electron chi connectivity index (χ3n) is 11.5. The summed E-state index contributed by atoms with van der Waals surface area (Å²) in [7, 11) is -19.0. The fourth-order valence-electron chi connectivity index (χ4n) is 7.51. The lowest BCUT2D eigenvalue weighted by atomic mass is 10.1. The molecular weight excluding hydrogens is 1300 g/mol. The first-order valence-corrected chi connectivity index (χ1v) is 33.9. The van der Waals surface area contributed by atoms with Crippen LogP contribution in [0.2, 0.25) is 5.02 Å². The molecule has 7 aromatic rings. The van der Waals surface area contributed by atoms with Gasteiger partial charge < -0.3 is 14.9 Å². The SMILES string of the molecule is Cc1cc(N=Nc2cc(SCCCS(=O)(=O)O)c(N=Nc3cc(OCCCS(=O)(=O)O)c(N=Nc4c(C)c(C#N)c5nc6ccc(CO)cc6n5c4O)cc3C)cc2C)c(SCCCS(=O)(=O)O)cc1N=Nc1ccc(Cl)cc1.O=S(=O)=O.O=S(=O)=O. The number of benzene rings is 5. The number of ether oxygens (including phenoxy) is 1. The van der Waals surface area contributed by atoms with E-state index in [1.807, 2.05) is 6.92 Å². The van der Waals surface area contributed by atoms with Gasteiger partial charge in [-0.25, -0.2) is 4.98 Å². The third kappa shape index (κ3) is 22.3. The van der Waals surface area contributed by atoms with Crippen molar-refractivity contribution in [2.45, 2.75) is 63.4 Å². The molecule has 7 rings (SSSR count). The quantitative estimate of drug-likeness (QED) is 0.0162. The van der Waals surface area contributed by atoms with Crippen LogP contribution < -0.4 is 4.74 Å². The van der Waals surface area contributed by atoms with E-state index in [0.29, 0.717) is 82.3 Å². The molecule has 0 bridgehead atoms. The molecule has 0 fully saturated rings. The first-order valence-electron chi connectivity index (χ1n) is 24.7. The highest BCUT2D eigenvalue weighted by Crippen LogP contribution is 2.44. The van der Waals surface area contributed by atoms with Gasteiger partial charge in [-0.05, 0) is 147 Å². The van der Waals surface area contributed by atoms with Gasteiger partial charge in [-0.3, -0.25) is 18.1 Å². The molecular formula is C50H50ClN11O18S7.